The molecule has 0 bridgehead atoms. The van der Waals surface area contributed by atoms with E-state index in [2.05, 4.69) is 4.98 Å². The molecular formula is C12H10F3N3O. The first-order valence-corrected chi connectivity index (χ1v) is 5.39. The van der Waals surface area contributed by atoms with Gasteiger partial charge in [0.15, 0.2) is 17.5 Å². The van der Waals surface area contributed by atoms with Crippen molar-refractivity contribution in [2.45, 2.75) is 13.0 Å². The maximum Gasteiger partial charge on any atom is 0.237 e. The van der Waals surface area contributed by atoms with Crippen molar-refractivity contribution in [1.82, 2.24) is 9.55 Å². The van der Waals surface area contributed by atoms with Gasteiger partial charge in [0.1, 0.15) is 12.4 Å². The highest BCUT2D eigenvalue weighted by Gasteiger charge is 2.15. The van der Waals surface area contributed by atoms with E-state index < -0.39 is 23.4 Å². The molecule has 19 heavy (non-hydrogen) atoms. The Morgan fingerprint density at radius 1 is 1.26 bits per heavy atom. The normalized spacial score (nSPS) is 10.7. The van der Waals surface area contributed by atoms with Crippen LogP contribution in [0.2, 0.25) is 0 Å². The molecule has 1 aromatic heterocycles. The van der Waals surface area contributed by atoms with Gasteiger partial charge in [-0.25, -0.2) is 18.2 Å². The average molecular weight is 269 g/mol. The lowest BCUT2D eigenvalue weighted by Gasteiger charge is -2.07. The Morgan fingerprint density at radius 3 is 2.68 bits per heavy atom. The van der Waals surface area contributed by atoms with E-state index in [9.17, 15) is 18.0 Å². The van der Waals surface area contributed by atoms with Crippen LogP contribution in [0.5, 0.6) is 0 Å². The molecule has 0 atom stereocenters. The molecule has 0 spiro atoms. The summed E-state index contributed by atoms with van der Waals surface area (Å²) in [6.07, 6.45) is 2.84. The third kappa shape index (κ3) is 2.75. The fourth-order valence-electron chi connectivity index (χ4n) is 1.69. The molecule has 2 N–H and O–H groups in total. The molecule has 0 unspecified atom stereocenters. The number of imidazole rings is 1. The summed E-state index contributed by atoms with van der Waals surface area (Å²) in [4.78, 5) is 14.8. The smallest absolute Gasteiger partial charge is 0.237 e. The van der Waals surface area contributed by atoms with Gasteiger partial charge in [-0.3, -0.25) is 4.79 Å². The van der Waals surface area contributed by atoms with Crippen molar-refractivity contribution in [3.63, 3.8) is 0 Å². The summed E-state index contributed by atoms with van der Waals surface area (Å²) in [5.41, 5.74) is 5.00. The Morgan fingerprint density at radius 2 is 2.00 bits per heavy atom. The standard InChI is InChI=1S/C12H10F3N3O/c13-8-2-1-7(11(14)12(8)15)5-10-17-3-4-18(10)6-9(16)19/h1-4H,5-6H2,(H2,16,19). The summed E-state index contributed by atoms with van der Waals surface area (Å²) in [7, 11) is 0. The minimum absolute atomic E-state index is 0.0455. The first kappa shape index (κ1) is 13.1. The van der Waals surface area contributed by atoms with Gasteiger partial charge in [-0.05, 0) is 11.6 Å². The first-order chi connectivity index (χ1) is 8.99. The van der Waals surface area contributed by atoms with E-state index in [1.165, 1.54) is 17.0 Å². The number of hydrogen-bond donors (Lipinski definition) is 1. The molecule has 4 nitrogen and oxygen atoms in total. The fraction of sp³-hybridized carbons (Fsp3) is 0.167. The molecule has 0 aliphatic heterocycles. The Bertz CT molecular complexity index is 625. The van der Waals surface area contributed by atoms with E-state index in [0.29, 0.717) is 5.82 Å². The number of nitrogens with zero attached hydrogens (tertiary/aromatic N) is 2. The molecule has 2 rings (SSSR count). The first-order valence-electron chi connectivity index (χ1n) is 5.39. The Hall–Kier alpha value is -2.31. The zero-order valence-electron chi connectivity index (χ0n) is 9.74. The summed E-state index contributed by atoms with van der Waals surface area (Å²) in [6, 6.07) is 1.98. The number of carbonyl (C=O) groups is 1. The van der Waals surface area contributed by atoms with Crippen LogP contribution in [-0.2, 0) is 17.8 Å². The number of hydrogen-bond acceptors (Lipinski definition) is 2. The molecule has 0 aliphatic carbocycles. The fourth-order valence-corrected chi connectivity index (χ4v) is 1.69. The quantitative estimate of drug-likeness (QED) is 0.852. The summed E-state index contributed by atoms with van der Waals surface area (Å²) in [6.45, 7) is -0.110. The molecule has 1 amide bonds. The van der Waals surface area contributed by atoms with Crippen LogP contribution in [0, 0.1) is 17.5 Å². The van der Waals surface area contributed by atoms with Crippen LogP contribution >= 0.6 is 0 Å². The van der Waals surface area contributed by atoms with Crippen molar-refractivity contribution in [3.05, 3.63) is 53.4 Å². The van der Waals surface area contributed by atoms with Gasteiger partial charge in [0.05, 0.1) is 0 Å². The van der Waals surface area contributed by atoms with Gasteiger partial charge in [0, 0.05) is 18.8 Å². The number of nitrogens with two attached hydrogens (primary N) is 1. The van der Waals surface area contributed by atoms with Crippen molar-refractivity contribution in [1.29, 1.82) is 0 Å². The van der Waals surface area contributed by atoms with Crippen LogP contribution in [0.15, 0.2) is 24.5 Å². The molecule has 0 radical (unpaired) electrons. The molecule has 100 valence electrons. The predicted octanol–water partition coefficient (Wildman–Crippen LogP) is 1.38. The molecule has 1 aromatic carbocycles. The highest BCUT2D eigenvalue weighted by atomic mass is 19.2. The zero-order valence-corrected chi connectivity index (χ0v) is 9.74. The number of carbonyl (C=O) groups excluding carboxylic acids is 1. The SMILES string of the molecule is NC(=O)Cn1ccnc1Cc1ccc(F)c(F)c1F. The Kier molecular flexibility index (Phi) is 3.55. The highest BCUT2D eigenvalue weighted by molar-refractivity contribution is 5.73. The van der Waals surface area contributed by atoms with Gasteiger partial charge in [-0.2, -0.15) is 0 Å². The molecule has 0 aliphatic rings. The van der Waals surface area contributed by atoms with Crippen molar-refractivity contribution < 1.29 is 18.0 Å². The topological polar surface area (TPSA) is 60.9 Å². The van der Waals surface area contributed by atoms with Crippen LogP contribution in [0.4, 0.5) is 13.2 Å². The average Bonchev–Trinajstić information content (AvgIpc) is 2.77. The van der Waals surface area contributed by atoms with Gasteiger partial charge in [0.25, 0.3) is 0 Å². The lowest BCUT2D eigenvalue weighted by atomic mass is 10.1. The Labute approximate surface area is 106 Å². The monoisotopic (exact) mass is 269 g/mol. The molecule has 0 fully saturated rings. The number of primary amides is 1. The summed E-state index contributed by atoms with van der Waals surface area (Å²) in [5.74, 6) is -4.27. The van der Waals surface area contributed by atoms with E-state index in [1.807, 2.05) is 0 Å². The molecule has 0 saturated heterocycles. The Balaban J connectivity index is 2.29. The second kappa shape index (κ2) is 5.13. The van der Waals surface area contributed by atoms with Crippen LogP contribution in [0.25, 0.3) is 0 Å². The highest BCUT2D eigenvalue weighted by Crippen LogP contribution is 2.17. The van der Waals surface area contributed by atoms with E-state index >= 15 is 0 Å². The molecule has 1 heterocycles. The summed E-state index contributed by atoms with van der Waals surface area (Å²) in [5, 5.41) is 0. The summed E-state index contributed by atoms with van der Waals surface area (Å²) < 4.78 is 40.8. The lowest BCUT2D eigenvalue weighted by molar-refractivity contribution is -0.118. The van der Waals surface area contributed by atoms with Gasteiger partial charge in [0.2, 0.25) is 5.91 Å². The van der Waals surface area contributed by atoms with Gasteiger partial charge < -0.3 is 10.3 Å². The van der Waals surface area contributed by atoms with E-state index in [4.69, 9.17) is 5.73 Å². The maximum absolute atomic E-state index is 13.5. The van der Waals surface area contributed by atoms with Crippen LogP contribution in [0.1, 0.15) is 11.4 Å². The van der Waals surface area contributed by atoms with Crippen molar-refractivity contribution in [2.24, 2.45) is 5.73 Å². The number of rotatable bonds is 4. The maximum atomic E-state index is 13.5. The number of halogens is 3. The third-order valence-corrected chi connectivity index (χ3v) is 2.59. The largest absolute Gasteiger partial charge is 0.368 e. The second-order valence-electron chi connectivity index (χ2n) is 3.95. The molecule has 2 aromatic rings. The van der Waals surface area contributed by atoms with Crippen LogP contribution < -0.4 is 5.73 Å². The van der Waals surface area contributed by atoms with E-state index in [1.54, 1.807) is 0 Å². The minimum Gasteiger partial charge on any atom is -0.368 e. The predicted molar refractivity (Wildman–Crippen MR) is 60.5 cm³/mol. The van der Waals surface area contributed by atoms with E-state index in [-0.39, 0.29) is 18.5 Å². The van der Waals surface area contributed by atoms with Gasteiger partial charge in [-0.1, -0.05) is 6.07 Å². The van der Waals surface area contributed by atoms with Gasteiger partial charge in [-0.15, -0.1) is 0 Å². The summed E-state index contributed by atoms with van der Waals surface area (Å²) >= 11 is 0. The van der Waals surface area contributed by atoms with Crippen LogP contribution in [0.3, 0.4) is 0 Å². The third-order valence-electron chi connectivity index (χ3n) is 2.59. The number of aromatic nitrogens is 2. The zero-order chi connectivity index (χ0) is 14.0. The van der Waals surface area contributed by atoms with Crippen molar-refractivity contribution in [2.75, 3.05) is 0 Å². The number of benzene rings is 1. The lowest BCUT2D eigenvalue weighted by Crippen LogP contribution is -2.20. The number of amides is 1. The molecule has 0 saturated carbocycles. The minimum atomic E-state index is -1.52. The van der Waals surface area contributed by atoms with Gasteiger partial charge >= 0.3 is 0 Å². The second-order valence-corrected chi connectivity index (χ2v) is 3.95. The van der Waals surface area contributed by atoms with E-state index in [0.717, 1.165) is 12.1 Å². The molecular weight excluding hydrogens is 259 g/mol. The van der Waals surface area contributed by atoms with Crippen molar-refractivity contribution >= 4 is 5.91 Å². The van der Waals surface area contributed by atoms with Crippen LogP contribution in [-0.4, -0.2) is 15.5 Å². The molecule has 7 heteroatoms. The van der Waals surface area contributed by atoms with Crippen molar-refractivity contribution in [3.8, 4) is 0 Å².